The second-order valence-electron chi connectivity index (χ2n) is 4.62. The Morgan fingerprint density at radius 3 is 2.96 bits per heavy atom. The molecule has 0 saturated carbocycles. The molecule has 5 nitrogen and oxygen atoms in total. The van der Waals surface area contributed by atoms with Crippen molar-refractivity contribution >= 4 is 46.3 Å². The van der Waals surface area contributed by atoms with E-state index in [1.807, 2.05) is 36.6 Å². The topological polar surface area (TPSA) is 68.0 Å². The van der Waals surface area contributed by atoms with E-state index in [2.05, 4.69) is 15.5 Å². The molecule has 0 aliphatic carbocycles. The summed E-state index contributed by atoms with van der Waals surface area (Å²) in [5, 5.41) is 13.5. The van der Waals surface area contributed by atoms with Gasteiger partial charge in [0.05, 0.1) is 21.3 Å². The van der Waals surface area contributed by atoms with Crippen LogP contribution in [0.1, 0.15) is 5.56 Å². The first-order chi connectivity index (χ1) is 11.1. The smallest absolute Gasteiger partial charge is 0.277 e. The van der Waals surface area contributed by atoms with Gasteiger partial charge in [-0.25, -0.2) is 0 Å². The number of rotatable bonds is 5. The lowest BCUT2D eigenvalue weighted by atomic mass is 10.2. The molecule has 0 aliphatic heterocycles. The molecule has 0 radical (unpaired) electrons. The second kappa shape index (κ2) is 7.16. The molecule has 0 atom stereocenters. The Morgan fingerprint density at radius 2 is 2.22 bits per heavy atom. The molecule has 0 fully saturated rings. The first-order valence-electron chi connectivity index (χ1n) is 6.68. The van der Waals surface area contributed by atoms with E-state index in [1.165, 1.54) is 23.1 Å². The zero-order chi connectivity index (χ0) is 16.2. The van der Waals surface area contributed by atoms with Crippen LogP contribution in [-0.2, 0) is 4.79 Å². The van der Waals surface area contributed by atoms with E-state index in [1.54, 1.807) is 6.07 Å². The lowest BCUT2D eigenvalue weighted by molar-refractivity contribution is -0.113. The summed E-state index contributed by atoms with van der Waals surface area (Å²) in [6.45, 7) is 1.89. The minimum atomic E-state index is -0.179. The molecule has 1 N–H and O–H groups in total. The third kappa shape index (κ3) is 3.93. The number of hydrogen-bond donors (Lipinski definition) is 1. The zero-order valence-electron chi connectivity index (χ0n) is 12.1. The lowest BCUT2D eigenvalue weighted by Crippen LogP contribution is -2.15. The van der Waals surface area contributed by atoms with Crippen molar-refractivity contribution in [1.29, 1.82) is 0 Å². The highest BCUT2D eigenvalue weighted by Gasteiger charge is 2.13. The fraction of sp³-hybridized carbons (Fsp3) is 0.133. The number of nitrogens with one attached hydrogen (secondary N) is 1. The van der Waals surface area contributed by atoms with Crippen LogP contribution in [0.2, 0.25) is 5.02 Å². The standard InChI is InChI=1S/C15H12ClN3O2S2/c1-9-4-2-5-10(16)13(9)17-12(20)8-23-15-19-18-14(21-15)11-6-3-7-22-11/h2-7H,8H2,1H3,(H,17,20). The average Bonchev–Trinajstić information content (AvgIpc) is 3.19. The maximum Gasteiger partial charge on any atom is 0.277 e. The Morgan fingerprint density at radius 1 is 1.35 bits per heavy atom. The van der Waals surface area contributed by atoms with Gasteiger partial charge in [0.1, 0.15) is 0 Å². The van der Waals surface area contributed by atoms with Gasteiger partial charge in [-0.15, -0.1) is 21.5 Å². The van der Waals surface area contributed by atoms with Crippen molar-refractivity contribution in [2.24, 2.45) is 0 Å². The molecule has 0 aliphatic rings. The number of thiophene rings is 1. The molecule has 1 amide bonds. The molecule has 0 saturated heterocycles. The van der Waals surface area contributed by atoms with Crippen molar-refractivity contribution in [2.45, 2.75) is 12.1 Å². The molecule has 118 valence electrons. The predicted molar refractivity (Wildman–Crippen MR) is 93.2 cm³/mol. The van der Waals surface area contributed by atoms with E-state index >= 15 is 0 Å². The van der Waals surface area contributed by atoms with Crippen LogP contribution >= 0.6 is 34.7 Å². The third-order valence-electron chi connectivity index (χ3n) is 2.95. The molecule has 0 spiro atoms. The number of hydrogen-bond acceptors (Lipinski definition) is 6. The van der Waals surface area contributed by atoms with Gasteiger partial charge in [0.25, 0.3) is 11.1 Å². The van der Waals surface area contributed by atoms with E-state index in [4.69, 9.17) is 16.0 Å². The van der Waals surface area contributed by atoms with Crippen LogP contribution in [0.5, 0.6) is 0 Å². The van der Waals surface area contributed by atoms with Crippen molar-refractivity contribution in [3.63, 3.8) is 0 Å². The van der Waals surface area contributed by atoms with Crippen molar-refractivity contribution in [3.05, 3.63) is 46.3 Å². The van der Waals surface area contributed by atoms with Crippen molar-refractivity contribution in [2.75, 3.05) is 11.1 Å². The number of benzene rings is 1. The van der Waals surface area contributed by atoms with Gasteiger partial charge in [-0.05, 0) is 30.0 Å². The molecule has 8 heteroatoms. The van der Waals surface area contributed by atoms with E-state index in [9.17, 15) is 4.79 Å². The van der Waals surface area contributed by atoms with Crippen LogP contribution in [0.25, 0.3) is 10.8 Å². The predicted octanol–water partition coefficient (Wildman–Crippen LogP) is 4.49. The van der Waals surface area contributed by atoms with Gasteiger partial charge in [0.15, 0.2) is 0 Å². The fourth-order valence-corrected chi connectivity index (χ4v) is 3.34. The number of para-hydroxylation sites is 1. The van der Waals surface area contributed by atoms with E-state index in [-0.39, 0.29) is 11.7 Å². The Labute approximate surface area is 146 Å². The number of aromatic nitrogens is 2. The number of carbonyl (C=O) groups is 1. The molecule has 23 heavy (non-hydrogen) atoms. The van der Waals surface area contributed by atoms with Gasteiger partial charge in [0.2, 0.25) is 5.91 Å². The number of nitrogens with zero attached hydrogens (tertiary/aromatic N) is 2. The Hall–Kier alpha value is -1.83. The van der Waals surface area contributed by atoms with Crippen LogP contribution in [-0.4, -0.2) is 21.9 Å². The summed E-state index contributed by atoms with van der Waals surface area (Å²) in [4.78, 5) is 13.0. The number of aryl methyl sites for hydroxylation is 1. The van der Waals surface area contributed by atoms with E-state index < -0.39 is 0 Å². The molecule has 1 aromatic carbocycles. The molecule has 2 aromatic heterocycles. The molecule has 3 aromatic rings. The molecule has 0 unspecified atom stereocenters. The van der Waals surface area contributed by atoms with E-state index in [0.717, 1.165) is 10.4 Å². The summed E-state index contributed by atoms with van der Waals surface area (Å²) in [7, 11) is 0. The van der Waals surface area contributed by atoms with Gasteiger partial charge in [-0.3, -0.25) is 4.79 Å². The average molecular weight is 366 g/mol. The summed E-state index contributed by atoms with van der Waals surface area (Å²) >= 11 is 8.80. The monoisotopic (exact) mass is 365 g/mol. The molecule has 2 heterocycles. The number of halogens is 1. The van der Waals surface area contributed by atoms with Gasteiger partial charge < -0.3 is 9.73 Å². The molecular formula is C15H12ClN3O2S2. The van der Waals surface area contributed by atoms with Crippen molar-refractivity contribution in [3.8, 4) is 10.8 Å². The van der Waals surface area contributed by atoms with Gasteiger partial charge in [-0.1, -0.05) is 41.6 Å². The Kier molecular flexibility index (Phi) is 5.00. The lowest BCUT2D eigenvalue weighted by Gasteiger charge is -2.09. The SMILES string of the molecule is Cc1cccc(Cl)c1NC(=O)CSc1nnc(-c2cccs2)o1. The van der Waals surface area contributed by atoms with Gasteiger partial charge in [0, 0.05) is 0 Å². The number of thioether (sulfide) groups is 1. The Balaban J connectivity index is 1.59. The van der Waals surface area contributed by atoms with Crippen LogP contribution < -0.4 is 5.32 Å². The van der Waals surface area contributed by atoms with Gasteiger partial charge in [-0.2, -0.15) is 0 Å². The number of anilines is 1. The summed E-state index contributed by atoms with van der Waals surface area (Å²) in [5.74, 6) is 0.448. The van der Waals surface area contributed by atoms with Crippen LogP contribution in [0.15, 0.2) is 45.4 Å². The van der Waals surface area contributed by atoms with Crippen LogP contribution in [0.4, 0.5) is 5.69 Å². The fourth-order valence-electron chi connectivity index (χ4n) is 1.86. The first-order valence-corrected chi connectivity index (χ1v) is 8.93. The van der Waals surface area contributed by atoms with Crippen LogP contribution in [0.3, 0.4) is 0 Å². The zero-order valence-corrected chi connectivity index (χ0v) is 14.5. The summed E-state index contributed by atoms with van der Waals surface area (Å²) in [6, 6.07) is 9.28. The molecular weight excluding hydrogens is 354 g/mol. The largest absolute Gasteiger partial charge is 0.410 e. The quantitative estimate of drug-likeness (QED) is 0.674. The highest BCUT2D eigenvalue weighted by atomic mass is 35.5. The highest BCUT2D eigenvalue weighted by molar-refractivity contribution is 7.99. The maximum atomic E-state index is 12.0. The number of carbonyl (C=O) groups excluding carboxylic acids is 1. The highest BCUT2D eigenvalue weighted by Crippen LogP contribution is 2.28. The summed E-state index contributed by atoms with van der Waals surface area (Å²) in [6.07, 6.45) is 0. The maximum absolute atomic E-state index is 12.0. The third-order valence-corrected chi connectivity index (χ3v) is 4.94. The first kappa shape index (κ1) is 16.0. The molecule has 3 rings (SSSR count). The number of amides is 1. The minimum Gasteiger partial charge on any atom is -0.410 e. The van der Waals surface area contributed by atoms with Gasteiger partial charge >= 0.3 is 0 Å². The van der Waals surface area contributed by atoms with Crippen LogP contribution in [0, 0.1) is 6.92 Å². The van der Waals surface area contributed by atoms with Crippen molar-refractivity contribution < 1.29 is 9.21 Å². The van der Waals surface area contributed by atoms with Crippen molar-refractivity contribution in [1.82, 2.24) is 10.2 Å². The Bertz CT molecular complexity index is 798. The second-order valence-corrected chi connectivity index (χ2v) is 6.90. The summed E-state index contributed by atoms with van der Waals surface area (Å²) < 4.78 is 5.52. The van der Waals surface area contributed by atoms with E-state index in [0.29, 0.717) is 21.8 Å². The molecule has 0 bridgehead atoms. The minimum absolute atomic E-state index is 0.163. The summed E-state index contributed by atoms with van der Waals surface area (Å²) in [5.41, 5.74) is 1.54. The normalized spacial score (nSPS) is 10.7.